The number of nitrogens with zero attached hydrogens (tertiary/aromatic N) is 1. The Morgan fingerprint density at radius 3 is 2.88 bits per heavy atom. The molecular weight excluding hydrogens is 204 g/mol. The number of hydrogen-bond donors (Lipinski definition) is 1. The van der Waals surface area contributed by atoms with Crippen LogP contribution in [0.3, 0.4) is 0 Å². The Kier molecular flexibility index (Phi) is 5.27. The van der Waals surface area contributed by atoms with Gasteiger partial charge in [-0.15, -0.1) is 0 Å². The molecule has 1 aliphatic rings. The van der Waals surface area contributed by atoms with Gasteiger partial charge in [0.2, 0.25) is 5.91 Å². The van der Waals surface area contributed by atoms with Crippen LogP contribution in [0, 0.1) is 29.1 Å². The van der Waals surface area contributed by atoms with Crippen LogP contribution in [0.15, 0.2) is 0 Å². The average molecular weight is 224 g/mol. The molecular formula is C12H20N2O2. The second kappa shape index (κ2) is 6.49. The maximum atomic E-state index is 11.6. The Morgan fingerprint density at radius 2 is 2.38 bits per heavy atom. The van der Waals surface area contributed by atoms with E-state index in [0.29, 0.717) is 12.5 Å². The minimum Gasteiger partial charge on any atom is -0.381 e. The Hall–Kier alpha value is -1.08. The first-order chi connectivity index (χ1) is 7.65. The van der Waals surface area contributed by atoms with Crippen molar-refractivity contribution in [3.05, 3.63) is 0 Å². The van der Waals surface area contributed by atoms with Crippen molar-refractivity contribution in [2.75, 3.05) is 19.8 Å². The van der Waals surface area contributed by atoms with Gasteiger partial charge >= 0.3 is 0 Å². The summed E-state index contributed by atoms with van der Waals surface area (Å²) in [5, 5.41) is 11.7. The van der Waals surface area contributed by atoms with E-state index >= 15 is 0 Å². The molecule has 0 aromatic carbocycles. The molecule has 0 aromatic heterocycles. The van der Waals surface area contributed by atoms with Crippen molar-refractivity contribution in [3.63, 3.8) is 0 Å². The zero-order valence-electron chi connectivity index (χ0n) is 10.0. The summed E-state index contributed by atoms with van der Waals surface area (Å²) in [7, 11) is 0. The summed E-state index contributed by atoms with van der Waals surface area (Å²) in [6.07, 6.45) is 2.03. The number of carbonyl (C=O) groups excluding carboxylic acids is 1. The fourth-order valence-corrected chi connectivity index (χ4v) is 1.83. The quantitative estimate of drug-likeness (QED) is 0.766. The van der Waals surface area contributed by atoms with Gasteiger partial charge in [0.15, 0.2) is 0 Å². The van der Waals surface area contributed by atoms with Gasteiger partial charge in [-0.2, -0.15) is 5.26 Å². The van der Waals surface area contributed by atoms with Crippen molar-refractivity contribution in [2.45, 2.75) is 26.7 Å². The van der Waals surface area contributed by atoms with Gasteiger partial charge in [0, 0.05) is 19.8 Å². The first-order valence-corrected chi connectivity index (χ1v) is 5.90. The molecule has 1 heterocycles. The minimum atomic E-state index is -0.528. The predicted molar refractivity (Wildman–Crippen MR) is 60.5 cm³/mol. The molecule has 1 rings (SSSR count). The van der Waals surface area contributed by atoms with Crippen LogP contribution in [-0.4, -0.2) is 25.7 Å². The number of ether oxygens (including phenoxy) is 1. The van der Waals surface area contributed by atoms with E-state index in [2.05, 4.69) is 5.32 Å². The van der Waals surface area contributed by atoms with Crippen LogP contribution < -0.4 is 5.32 Å². The first-order valence-electron chi connectivity index (χ1n) is 5.90. The molecule has 2 unspecified atom stereocenters. The molecule has 4 heteroatoms. The highest BCUT2D eigenvalue weighted by molar-refractivity contribution is 5.81. The van der Waals surface area contributed by atoms with Gasteiger partial charge in [0.25, 0.3) is 0 Å². The van der Waals surface area contributed by atoms with E-state index in [1.807, 2.05) is 19.9 Å². The van der Waals surface area contributed by atoms with Gasteiger partial charge in [-0.3, -0.25) is 4.79 Å². The molecule has 1 aliphatic heterocycles. The molecule has 90 valence electrons. The van der Waals surface area contributed by atoms with Crippen molar-refractivity contribution >= 4 is 5.91 Å². The van der Waals surface area contributed by atoms with Crippen LogP contribution >= 0.6 is 0 Å². The zero-order chi connectivity index (χ0) is 12.0. The van der Waals surface area contributed by atoms with E-state index in [-0.39, 0.29) is 11.8 Å². The molecule has 0 bridgehead atoms. The van der Waals surface area contributed by atoms with E-state index in [1.165, 1.54) is 0 Å². The fourth-order valence-electron chi connectivity index (χ4n) is 1.83. The zero-order valence-corrected chi connectivity index (χ0v) is 10.0. The molecule has 1 N–H and O–H groups in total. The van der Waals surface area contributed by atoms with E-state index in [9.17, 15) is 4.79 Å². The standard InChI is InChI=1S/C12H20N2O2/c1-9(2)11(7-13)12(15)14-5-3-10-4-6-16-8-10/h9-11H,3-6,8H2,1-2H3,(H,14,15). The molecule has 0 aliphatic carbocycles. The number of hydrogen-bond acceptors (Lipinski definition) is 3. The Morgan fingerprint density at radius 1 is 1.62 bits per heavy atom. The largest absolute Gasteiger partial charge is 0.381 e. The van der Waals surface area contributed by atoms with E-state index < -0.39 is 5.92 Å². The number of nitriles is 1. The van der Waals surface area contributed by atoms with Crippen LogP contribution in [0.2, 0.25) is 0 Å². The minimum absolute atomic E-state index is 0.0693. The van der Waals surface area contributed by atoms with Crippen molar-refractivity contribution in [1.82, 2.24) is 5.32 Å². The van der Waals surface area contributed by atoms with Crippen LogP contribution in [0.1, 0.15) is 26.7 Å². The van der Waals surface area contributed by atoms with Gasteiger partial charge in [-0.25, -0.2) is 0 Å². The van der Waals surface area contributed by atoms with E-state index in [1.54, 1.807) is 0 Å². The smallest absolute Gasteiger partial charge is 0.237 e. The fraction of sp³-hybridized carbons (Fsp3) is 0.833. The number of rotatable bonds is 5. The monoisotopic (exact) mass is 224 g/mol. The maximum absolute atomic E-state index is 11.6. The lowest BCUT2D eigenvalue weighted by molar-refractivity contribution is -0.124. The SMILES string of the molecule is CC(C)C(C#N)C(=O)NCCC1CCOC1. The third kappa shape index (κ3) is 3.82. The summed E-state index contributed by atoms with van der Waals surface area (Å²) in [5.74, 6) is -0.0315. The molecule has 16 heavy (non-hydrogen) atoms. The van der Waals surface area contributed by atoms with Crippen LogP contribution in [-0.2, 0) is 9.53 Å². The van der Waals surface area contributed by atoms with Crippen LogP contribution in [0.25, 0.3) is 0 Å². The topological polar surface area (TPSA) is 62.1 Å². The predicted octanol–water partition coefficient (Wildman–Crippen LogP) is 1.32. The Bertz CT molecular complexity index is 265. The molecule has 1 amide bonds. The number of amides is 1. The van der Waals surface area contributed by atoms with Crippen molar-refractivity contribution in [3.8, 4) is 6.07 Å². The highest BCUT2D eigenvalue weighted by Crippen LogP contribution is 2.15. The third-order valence-electron chi connectivity index (χ3n) is 2.96. The molecule has 1 saturated heterocycles. The van der Waals surface area contributed by atoms with Crippen LogP contribution in [0.5, 0.6) is 0 Å². The van der Waals surface area contributed by atoms with Gasteiger partial charge < -0.3 is 10.1 Å². The number of carbonyl (C=O) groups is 1. The molecule has 0 aromatic rings. The van der Waals surface area contributed by atoms with Gasteiger partial charge in [0.1, 0.15) is 5.92 Å². The lowest BCUT2D eigenvalue weighted by Gasteiger charge is -2.14. The van der Waals surface area contributed by atoms with Crippen molar-refractivity contribution < 1.29 is 9.53 Å². The summed E-state index contributed by atoms with van der Waals surface area (Å²) < 4.78 is 5.26. The molecule has 2 atom stereocenters. The van der Waals surface area contributed by atoms with Gasteiger partial charge in [0.05, 0.1) is 6.07 Å². The highest BCUT2D eigenvalue weighted by Gasteiger charge is 2.22. The summed E-state index contributed by atoms with van der Waals surface area (Å²) >= 11 is 0. The Labute approximate surface area is 97.0 Å². The van der Waals surface area contributed by atoms with Gasteiger partial charge in [-0.05, 0) is 24.7 Å². The van der Waals surface area contributed by atoms with E-state index in [0.717, 1.165) is 26.1 Å². The molecule has 0 spiro atoms. The summed E-state index contributed by atoms with van der Waals surface area (Å²) in [6, 6.07) is 2.04. The lowest BCUT2D eigenvalue weighted by atomic mass is 9.96. The normalized spacial score (nSPS) is 21.8. The maximum Gasteiger partial charge on any atom is 0.237 e. The van der Waals surface area contributed by atoms with Crippen molar-refractivity contribution in [2.24, 2.45) is 17.8 Å². The molecule has 0 saturated carbocycles. The summed E-state index contributed by atoms with van der Waals surface area (Å²) in [4.78, 5) is 11.6. The van der Waals surface area contributed by atoms with Gasteiger partial charge in [-0.1, -0.05) is 13.8 Å². The first kappa shape index (κ1) is 13.0. The lowest BCUT2D eigenvalue weighted by Crippen LogP contribution is -2.34. The third-order valence-corrected chi connectivity index (χ3v) is 2.96. The highest BCUT2D eigenvalue weighted by atomic mass is 16.5. The second-order valence-electron chi connectivity index (χ2n) is 4.66. The summed E-state index contributed by atoms with van der Waals surface area (Å²) in [5.41, 5.74) is 0. The second-order valence-corrected chi connectivity index (χ2v) is 4.66. The Balaban J connectivity index is 2.21. The summed E-state index contributed by atoms with van der Waals surface area (Å²) in [6.45, 7) is 6.07. The number of nitrogens with one attached hydrogen (secondary N) is 1. The van der Waals surface area contributed by atoms with E-state index in [4.69, 9.17) is 10.00 Å². The van der Waals surface area contributed by atoms with Crippen LogP contribution in [0.4, 0.5) is 0 Å². The molecule has 4 nitrogen and oxygen atoms in total. The van der Waals surface area contributed by atoms with Crippen molar-refractivity contribution in [1.29, 1.82) is 5.26 Å². The molecule has 1 fully saturated rings. The average Bonchev–Trinajstić information content (AvgIpc) is 2.71. The molecule has 0 radical (unpaired) electrons.